The summed E-state index contributed by atoms with van der Waals surface area (Å²) in [5.74, 6) is 11.8. The Balaban J connectivity index is 1.61. The van der Waals surface area contributed by atoms with Gasteiger partial charge in [0, 0.05) is 12.8 Å². The number of nitrogens with two attached hydrogens (primary N) is 1. The predicted octanol–water partition coefficient (Wildman–Crippen LogP) is 2.24. The van der Waals surface area contributed by atoms with Gasteiger partial charge in [-0.3, -0.25) is 4.99 Å². The summed E-state index contributed by atoms with van der Waals surface area (Å²) in [5.41, 5.74) is 2.69. The SMILES string of the molecule is CN=C(NN)SCC1C2CC3CC(C2)CC1C3. The first-order valence-electron chi connectivity index (χ1n) is 6.86. The number of hydrogen-bond acceptors (Lipinski definition) is 3. The topological polar surface area (TPSA) is 50.4 Å². The van der Waals surface area contributed by atoms with E-state index in [0.29, 0.717) is 0 Å². The lowest BCUT2D eigenvalue weighted by Gasteiger charge is -2.54. The Hall–Kier alpha value is -0.220. The third kappa shape index (κ3) is 2.22. The van der Waals surface area contributed by atoms with E-state index in [2.05, 4.69) is 10.4 Å². The summed E-state index contributed by atoms with van der Waals surface area (Å²) in [5, 5.41) is 0.888. The van der Waals surface area contributed by atoms with Gasteiger partial charge in [0.25, 0.3) is 0 Å². The van der Waals surface area contributed by atoms with Crippen LogP contribution in [0.5, 0.6) is 0 Å². The number of amidine groups is 1. The molecule has 4 aliphatic carbocycles. The highest BCUT2D eigenvalue weighted by atomic mass is 32.2. The van der Waals surface area contributed by atoms with Gasteiger partial charge in [-0.2, -0.15) is 0 Å². The van der Waals surface area contributed by atoms with Crippen LogP contribution in [0.4, 0.5) is 0 Å². The lowest BCUT2D eigenvalue weighted by Crippen LogP contribution is -2.46. The number of thioether (sulfide) groups is 1. The molecule has 4 aliphatic rings. The second kappa shape index (κ2) is 4.81. The van der Waals surface area contributed by atoms with Crippen LogP contribution >= 0.6 is 11.8 Å². The second-order valence-electron chi connectivity index (χ2n) is 6.08. The molecule has 0 aromatic heterocycles. The van der Waals surface area contributed by atoms with Crippen LogP contribution in [0.25, 0.3) is 0 Å². The van der Waals surface area contributed by atoms with E-state index in [1.54, 1.807) is 13.5 Å². The number of hydrazine groups is 1. The van der Waals surface area contributed by atoms with E-state index < -0.39 is 0 Å². The van der Waals surface area contributed by atoms with Crippen LogP contribution in [0.15, 0.2) is 4.99 Å². The average molecular weight is 253 g/mol. The Morgan fingerprint density at radius 2 is 1.76 bits per heavy atom. The Kier molecular flexibility index (Phi) is 3.35. The highest BCUT2D eigenvalue weighted by molar-refractivity contribution is 8.13. The molecule has 4 heteroatoms. The van der Waals surface area contributed by atoms with Gasteiger partial charge in [0.05, 0.1) is 0 Å². The quantitative estimate of drug-likeness (QED) is 0.343. The standard InChI is InChI=1S/C13H23N3S/c1-15-13(16-14)17-7-12-10-3-8-2-9(5-10)6-11(12)4-8/h8-12H,2-7,14H2,1H3,(H,15,16). The van der Waals surface area contributed by atoms with E-state index in [4.69, 9.17) is 5.84 Å². The molecule has 0 saturated heterocycles. The van der Waals surface area contributed by atoms with Gasteiger partial charge in [0.1, 0.15) is 0 Å². The zero-order valence-electron chi connectivity index (χ0n) is 10.6. The highest BCUT2D eigenvalue weighted by Gasteiger charge is 2.47. The van der Waals surface area contributed by atoms with Crippen LogP contribution in [0.2, 0.25) is 0 Å². The van der Waals surface area contributed by atoms with Crippen molar-refractivity contribution in [3.05, 3.63) is 0 Å². The molecule has 3 nitrogen and oxygen atoms in total. The first-order valence-corrected chi connectivity index (χ1v) is 7.85. The van der Waals surface area contributed by atoms with Crippen LogP contribution in [0, 0.1) is 29.6 Å². The maximum Gasteiger partial charge on any atom is 0.170 e. The van der Waals surface area contributed by atoms with Gasteiger partial charge in [-0.25, -0.2) is 5.84 Å². The zero-order chi connectivity index (χ0) is 11.8. The summed E-state index contributed by atoms with van der Waals surface area (Å²) in [7, 11) is 1.80. The maximum atomic E-state index is 5.44. The third-order valence-electron chi connectivity index (χ3n) is 5.16. The van der Waals surface area contributed by atoms with Crippen molar-refractivity contribution in [2.45, 2.75) is 32.1 Å². The number of nitrogens with one attached hydrogen (secondary N) is 1. The van der Waals surface area contributed by atoms with Crippen molar-refractivity contribution in [3.63, 3.8) is 0 Å². The van der Waals surface area contributed by atoms with Gasteiger partial charge in [0.15, 0.2) is 5.17 Å². The Morgan fingerprint density at radius 1 is 1.18 bits per heavy atom. The molecule has 4 saturated carbocycles. The molecule has 0 heterocycles. The predicted molar refractivity (Wildman–Crippen MR) is 73.7 cm³/mol. The monoisotopic (exact) mass is 253 g/mol. The first kappa shape index (κ1) is 11.8. The summed E-state index contributed by atoms with van der Waals surface area (Å²) in [6, 6.07) is 0. The average Bonchev–Trinajstić information content (AvgIpc) is 2.32. The fourth-order valence-corrected chi connectivity index (χ4v) is 5.76. The van der Waals surface area contributed by atoms with Crippen molar-refractivity contribution in [1.82, 2.24) is 5.43 Å². The lowest BCUT2D eigenvalue weighted by molar-refractivity contribution is -0.0260. The Bertz CT molecular complexity index is 288. The molecule has 4 rings (SSSR count). The molecule has 96 valence electrons. The largest absolute Gasteiger partial charge is 0.303 e. The first-order chi connectivity index (χ1) is 8.30. The molecular formula is C13H23N3S. The number of aliphatic imine (C=N–C) groups is 1. The molecule has 0 spiro atoms. The minimum atomic E-state index is 0.888. The summed E-state index contributed by atoms with van der Waals surface area (Å²) >= 11 is 1.81. The van der Waals surface area contributed by atoms with Crippen molar-refractivity contribution in [3.8, 4) is 0 Å². The second-order valence-corrected chi connectivity index (χ2v) is 7.09. The molecule has 0 radical (unpaired) electrons. The molecule has 4 fully saturated rings. The van der Waals surface area contributed by atoms with Crippen LogP contribution in [-0.2, 0) is 0 Å². The molecule has 17 heavy (non-hydrogen) atoms. The fourth-order valence-electron chi connectivity index (χ4n) is 4.66. The molecule has 0 aromatic rings. The van der Waals surface area contributed by atoms with Gasteiger partial charge < -0.3 is 5.43 Å². The van der Waals surface area contributed by atoms with Crippen LogP contribution in [0.3, 0.4) is 0 Å². The van der Waals surface area contributed by atoms with Crippen molar-refractivity contribution in [1.29, 1.82) is 0 Å². The zero-order valence-corrected chi connectivity index (χ0v) is 11.4. The maximum absolute atomic E-state index is 5.44. The van der Waals surface area contributed by atoms with E-state index in [-0.39, 0.29) is 0 Å². The summed E-state index contributed by atoms with van der Waals surface area (Å²) < 4.78 is 0. The van der Waals surface area contributed by atoms with Gasteiger partial charge in [-0.05, 0) is 61.7 Å². The normalized spacial score (nSPS) is 44.1. The van der Waals surface area contributed by atoms with Crippen molar-refractivity contribution >= 4 is 16.9 Å². The summed E-state index contributed by atoms with van der Waals surface area (Å²) in [4.78, 5) is 4.15. The molecule has 0 amide bonds. The molecule has 0 unspecified atom stereocenters. The minimum absolute atomic E-state index is 0.888. The van der Waals surface area contributed by atoms with Crippen LogP contribution < -0.4 is 11.3 Å². The molecule has 3 N–H and O–H groups in total. The smallest absolute Gasteiger partial charge is 0.170 e. The Morgan fingerprint density at radius 3 is 2.24 bits per heavy atom. The molecule has 0 aliphatic heterocycles. The fraction of sp³-hybridized carbons (Fsp3) is 0.923. The minimum Gasteiger partial charge on any atom is -0.303 e. The lowest BCUT2D eigenvalue weighted by atomic mass is 9.52. The van der Waals surface area contributed by atoms with Gasteiger partial charge in [-0.15, -0.1) is 0 Å². The van der Waals surface area contributed by atoms with E-state index in [1.807, 2.05) is 11.8 Å². The molecule has 0 aromatic carbocycles. The summed E-state index contributed by atoms with van der Waals surface area (Å²) in [6.07, 6.45) is 7.57. The number of hydrogen-bond donors (Lipinski definition) is 2. The van der Waals surface area contributed by atoms with Crippen molar-refractivity contribution < 1.29 is 0 Å². The van der Waals surface area contributed by atoms with Crippen LogP contribution in [0.1, 0.15) is 32.1 Å². The van der Waals surface area contributed by atoms with E-state index in [1.165, 1.54) is 31.4 Å². The van der Waals surface area contributed by atoms with E-state index in [9.17, 15) is 0 Å². The van der Waals surface area contributed by atoms with E-state index >= 15 is 0 Å². The van der Waals surface area contributed by atoms with Crippen LogP contribution in [-0.4, -0.2) is 18.0 Å². The number of nitrogens with zero attached hydrogens (tertiary/aromatic N) is 1. The van der Waals surface area contributed by atoms with Gasteiger partial charge >= 0.3 is 0 Å². The highest BCUT2D eigenvalue weighted by Crippen LogP contribution is 2.57. The van der Waals surface area contributed by atoms with Gasteiger partial charge in [0.2, 0.25) is 0 Å². The number of rotatable bonds is 2. The van der Waals surface area contributed by atoms with Crippen molar-refractivity contribution in [2.24, 2.45) is 40.4 Å². The van der Waals surface area contributed by atoms with E-state index in [0.717, 1.165) is 34.8 Å². The molecule has 0 atom stereocenters. The molecular weight excluding hydrogens is 230 g/mol. The van der Waals surface area contributed by atoms with Gasteiger partial charge in [-0.1, -0.05) is 11.8 Å². The Labute approximate surface area is 108 Å². The molecule has 4 bridgehead atoms. The van der Waals surface area contributed by atoms with Crippen molar-refractivity contribution in [2.75, 3.05) is 12.8 Å². The summed E-state index contributed by atoms with van der Waals surface area (Å²) in [6.45, 7) is 0. The third-order valence-corrected chi connectivity index (χ3v) is 6.29.